The first-order valence-corrected chi connectivity index (χ1v) is 8.43. The Morgan fingerprint density at radius 1 is 0.952 bits per heavy atom. The van der Waals surface area contributed by atoms with Crippen molar-refractivity contribution in [2.75, 3.05) is 0 Å². The van der Waals surface area contributed by atoms with Crippen molar-refractivity contribution in [3.63, 3.8) is 0 Å². The lowest BCUT2D eigenvalue weighted by atomic mass is 9.96. The van der Waals surface area contributed by atoms with Crippen LogP contribution in [-0.2, 0) is 15.6 Å². The Labute approximate surface area is 131 Å². The number of hydrogen-bond donors (Lipinski definition) is 1. The molecular weight excluding hydrogens is 306 g/mol. The van der Waals surface area contributed by atoms with Crippen LogP contribution in [0.2, 0.25) is 5.02 Å². The molecule has 0 saturated carbocycles. The highest BCUT2D eigenvalue weighted by molar-refractivity contribution is 7.89. The van der Waals surface area contributed by atoms with E-state index in [-0.39, 0.29) is 4.90 Å². The van der Waals surface area contributed by atoms with Gasteiger partial charge in [0.1, 0.15) is 0 Å². The Bertz CT molecular complexity index is 720. The molecule has 2 rings (SSSR count). The van der Waals surface area contributed by atoms with Gasteiger partial charge in [0.2, 0.25) is 10.0 Å². The summed E-state index contributed by atoms with van der Waals surface area (Å²) in [5.74, 6) is 0. The third-order valence-corrected chi connectivity index (χ3v) is 5.21. The maximum absolute atomic E-state index is 12.5. The van der Waals surface area contributed by atoms with Crippen LogP contribution in [0.25, 0.3) is 0 Å². The molecule has 0 saturated heterocycles. The Morgan fingerprint density at radius 2 is 1.48 bits per heavy atom. The van der Waals surface area contributed by atoms with Gasteiger partial charge in [0, 0.05) is 5.02 Å². The average molecular weight is 324 g/mol. The van der Waals surface area contributed by atoms with Gasteiger partial charge in [-0.3, -0.25) is 0 Å². The van der Waals surface area contributed by atoms with Crippen molar-refractivity contribution in [3.05, 3.63) is 64.7 Å². The molecule has 21 heavy (non-hydrogen) atoms. The van der Waals surface area contributed by atoms with Gasteiger partial charge in [0.15, 0.2) is 0 Å². The zero-order valence-corrected chi connectivity index (χ0v) is 13.8. The molecule has 0 aliphatic carbocycles. The summed E-state index contributed by atoms with van der Waals surface area (Å²) in [5.41, 5.74) is 1.14. The largest absolute Gasteiger partial charge is 0.241 e. The zero-order chi connectivity index (χ0) is 15.7. The van der Waals surface area contributed by atoms with E-state index in [4.69, 9.17) is 11.6 Å². The average Bonchev–Trinajstić information content (AvgIpc) is 2.38. The molecule has 0 aliphatic rings. The molecule has 0 atom stereocenters. The zero-order valence-electron chi connectivity index (χ0n) is 12.2. The summed E-state index contributed by atoms with van der Waals surface area (Å²) in [6, 6.07) is 13.9. The van der Waals surface area contributed by atoms with Crippen LogP contribution in [0, 0.1) is 6.92 Å². The molecule has 0 amide bonds. The van der Waals surface area contributed by atoms with Crippen LogP contribution in [0.3, 0.4) is 0 Å². The van der Waals surface area contributed by atoms with E-state index >= 15 is 0 Å². The quantitative estimate of drug-likeness (QED) is 0.928. The van der Waals surface area contributed by atoms with Crippen LogP contribution >= 0.6 is 11.6 Å². The summed E-state index contributed by atoms with van der Waals surface area (Å²) in [6.07, 6.45) is 0. The topological polar surface area (TPSA) is 46.2 Å². The third kappa shape index (κ3) is 3.84. The summed E-state index contributed by atoms with van der Waals surface area (Å²) in [4.78, 5) is 0.259. The Morgan fingerprint density at radius 3 is 2.00 bits per heavy atom. The van der Waals surface area contributed by atoms with Crippen LogP contribution in [0.15, 0.2) is 53.4 Å². The maximum Gasteiger partial charge on any atom is 0.241 e. The molecule has 0 spiro atoms. The molecule has 0 aromatic heterocycles. The van der Waals surface area contributed by atoms with E-state index in [1.165, 1.54) is 0 Å². The number of benzene rings is 2. The van der Waals surface area contributed by atoms with Crippen LogP contribution in [0.4, 0.5) is 0 Å². The molecule has 2 aromatic rings. The molecule has 0 unspecified atom stereocenters. The minimum Gasteiger partial charge on any atom is -0.207 e. The second-order valence-corrected chi connectivity index (χ2v) is 7.67. The van der Waals surface area contributed by atoms with Gasteiger partial charge in [-0.1, -0.05) is 41.4 Å². The van der Waals surface area contributed by atoms with Gasteiger partial charge in [-0.25, -0.2) is 13.1 Å². The molecule has 112 valence electrons. The first-order valence-electron chi connectivity index (χ1n) is 6.57. The number of halogens is 1. The van der Waals surface area contributed by atoms with Crippen molar-refractivity contribution in [1.82, 2.24) is 4.72 Å². The molecule has 3 nitrogen and oxygen atoms in total. The fourth-order valence-corrected chi connectivity index (χ4v) is 3.57. The van der Waals surface area contributed by atoms with Gasteiger partial charge in [0.05, 0.1) is 10.4 Å². The van der Waals surface area contributed by atoms with Crippen molar-refractivity contribution in [2.24, 2.45) is 0 Å². The van der Waals surface area contributed by atoms with Gasteiger partial charge in [-0.2, -0.15) is 0 Å². The molecule has 0 bridgehead atoms. The van der Waals surface area contributed by atoms with Crippen LogP contribution in [-0.4, -0.2) is 8.42 Å². The summed E-state index contributed by atoms with van der Waals surface area (Å²) >= 11 is 5.87. The minimum atomic E-state index is -3.58. The third-order valence-electron chi connectivity index (χ3n) is 3.29. The number of sulfonamides is 1. The second-order valence-electron chi connectivity index (χ2n) is 5.55. The standard InChI is InChI=1S/C16H18ClNO2S/c1-12-4-10-15(11-5-12)21(19,20)18-16(2,3)13-6-8-14(17)9-7-13/h4-11,18H,1-3H3. The first-order chi connectivity index (χ1) is 9.71. The summed E-state index contributed by atoms with van der Waals surface area (Å²) in [7, 11) is -3.58. The predicted octanol–water partition coefficient (Wildman–Crippen LogP) is 3.86. The van der Waals surface area contributed by atoms with E-state index in [9.17, 15) is 8.42 Å². The summed E-state index contributed by atoms with van der Waals surface area (Å²) in [6.45, 7) is 5.56. The summed E-state index contributed by atoms with van der Waals surface area (Å²) in [5, 5.41) is 0.621. The van der Waals surface area contributed by atoms with Gasteiger partial charge in [-0.05, 0) is 50.6 Å². The highest BCUT2D eigenvalue weighted by Crippen LogP contribution is 2.24. The highest BCUT2D eigenvalue weighted by atomic mass is 35.5. The van der Waals surface area contributed by atoms with Crippen LogP contribution in [0.5, 0.6) is 0 Å². The van der Waals surface area contributed by atoms with Crippen molar-refractivity contribution in [1.29, 1.82) is 0 Å². The number of hydrogen-bond acceptors (Lipinski definition) is 2. The molecule has 1 N–H and O–H groups in total. The van der Waals surface area contributed by atoms with E-state index in [1.807, 2.05) is 32.9 Å². The lowest BCUT2D eigenvalue weighted by Gasteiger charge is -2.26. The fourth-order valence-electron chi connectivity index (χ4n) is 2.04. The van der Waals surface area contributed by atoms with E-state index in [0.717, 1.165) is 11.1 Å². The van der Waals surface area contributed by atoms with Crippen LogP contribution in [0.1, 0.15) is 25.0 Å². The minimum absolute atomic E-state index is 0.259. The molecule has 0 radical (unpaired) electrons. The molecule has 5 heteroatoms. The molecule has 0 fully saturated rings. The van der Waals surface area contributed by atoms with E-state index in [0.29, 0.717) is 5.02 Å². The Balaban J connectivity index is 2.30. The molecule has 0 heterocycles. The molecule has 2 aromatic carbocycles. The maximum atomic E-state index is 12.5. The smallest absolute Gasteiger partial charge is 0.207 e. The number of nitrogens with one attached hydrogen (secondary N) is 1. The lowest BCUT2D eigenvalue weighted by molar-refractivity contribution is 0.472. The van der Waals surface area contributed by atoms with E-state index in [2.05, 4.69) is 4.72 Å². The van der Waals surface area contributed by atoms with Gasteiger partial charge < -0.3 is 0 Å². The molecule has 0 aliphatic heterocycles. The molecular formula is C16H18ClNO2S. The van der Waals surface area contributed by atoms with E-state index in [1.54, 1.807) is 36.4 Å². The first kappa shape index (κ1) is 16.0. The van der Waals surface area contributed by atoms with Crippen LogP contribution < -0.4 is 4.72 Å². The fraction of sp³-hybridized carbons (Fsp3) is 0.250. The van der Waals surface area contributed by atoms with Gasteiger partial charge in [-0.15, -0.1) is 0 Å². The predicted molar refractivity (Wildman–Crippen MR) is 86.0 cm³/mol. The van der Waals surface area contributed by atoms with Crippen molar-refractivity contribution >= 4 is 21.6 Å². The van der Waals surface area contributed by atoms with Crippen molar-refractivity contribution in [2.45, 2.75) is 31.2 Å². The number of aryl methyl sites for hydroxylation is 1. The Kier molecular flexibility index (Phi) is 4.42. The lowest BCUT2D eigenvalue weighted by Crippen LogP contribution is -2.40. The van der Waals surface area contributed by atoms with Crippen molar-refractivity contribution < 1.29 is 8.42 Å². The second kappa shape index (κ2) is 5.79. The van der Waals surface area contributed by atoms with Crippen molar-refractivity contribution in [3.8, 4) is 0 Å². The van der Waals surface area contributed by atoms with Gasteiger partial charge in [0.25, 0.3) is 0 Å². The normalized spacial score (nSPS) is 12.4. The monoisotopic (exact) mass is 323 g/mol. The van der Waals surface area contributed by atoms with E-state index < -0.39 is 15.6 Å². The van der Waals surface area contributed by atoms with Gasteiger partial charge >= 0.3 is 0 Å². The highest BCUT2D eigenvalue weighted by Gasteiger charge is 2.27. The Hall–Kier alpha value is -1.36. The number of rotatable bonds is 4. The SMILES string of the molecule is Cc1ccc(S(=O)(=O)NC(C)(C)c2ccc(Cl)cc2)cc1. The summed E-state index contributed by atoms with van der Waals surface area (Å²) < 4.78 is 27.7.